The third-order valence-corrected chi connectivity index (χ3v) is 6.48. The van der Waals surface area contributed by atoms with Gasteiger partial charge in [0.05, 0.1) is 11.7 Å². The lowest BCUT2D eigenvalue weighted by Crippen LogP contribution is -2.42. The predicted octanol–water partition coefficient (Wildman–Crippen LogP) is 2.21. The van der Waals surface area contributed by atoms with E-state index in [1.165, 1.54) is 10.6 Å². The van der Waals surface area contributed by atoms with Crippen LogP contribution in [0.1, 0.15) is 30.1 Å². The Kier molecular flexibility index (Phi) is 3.21. The quantitative estimate of drug-likeness (QED) is 0.843. The monoisotopic (exact) mass is 337 g/mol. The van der Waals surface area contributed by atoms with E-state index in [0.29, 0.717) is 19.3 Å². The minimum Gasteiger partial charge on any atom is -0.244 e. The van der Waals surface area contributed by atoms with Gasteiger partial charge in [-0.05, 0) is 31.0 Å². The fraction of sp³-hybridized carbons (Fsp3) is 0.333. The third kappa shape index (κ3) is 2.16. The van der Waals surface area contributed by atoms with Crippen molar-refractivity contribution >= 4 is 10.0 Å². The highest BCUT2D eigenvalue weighted by atomic mass is 32.2. The molecule has 4 rings (SSSR count). The van der Waals surface area contributed by atoms with Gasteiger partial charge in [0.25, 0.3) is 0 Å². The topological polar surface area (TPSA) is 63.2 Å². The van der Waals surface area contributed by atoms with Crippen LogP contribution in [0.4, 0.5) is 8.78 Å². The highest BCUT2D eigenvalue weighted by molar-refractivity contribution is 7.89. The van der Waals surface area contributed by atoms with Gasteiger partial charge in [-0.1, -0.05) is 0 Å². The molecule has 2 aromatic rings. The summed E-state index contributed by atoms with van der Waals surface area (Å²) in [5, 5.41) is 0. The van der Waals surface area contributed by atoms with E-state index in [2.05, 4.69) is 9.97 Å². The second kappa shape index (κ2) is 5.04. The number of rotatable bonds is 2. The molecule has 1 fully saturated rings. The van der Waals surface area contributed by atoms with E-state index in [1.807, 2.05) is 0 Å². The van der Waals surface area contributed by atoms with Crippen LogP contribution in [0.2, 0.25) is 0 Å². The van der Waals surface area contributed by atoms with Crippen molar-refractivity contribution in [3.8, 4) is 0 Å². The maximum atomic E-state index is 14.0. The Bertz CT molecular complexity index is 888. The van der Waals surface area contributed by atoms with Crippen LogP contribution in [-0.4, -0.2) is 28.7 Å². The van der Waals surface area contributed by atoms with Crippen LogP contribution in [-0.2, 0) is 16.4 Å². The van der Waals surface area contributed by atoms with Crippen LogP contribution in [0.25, 0.3) is 0 Å². The molecule has 2 bridgehead atoms. The van der Waals surface area contributed by atoms with E-state index in [9.17, 15) is 17.2 Å². The standard InChI is InChI=1S/C15H13F2N3O2S/c16-9-1-3-12(17)15(5-9)23(21,22)20-10-2-4-14(20)11-7-18-8-19-13(11)6-10/h1,3,5,7-8,10,14H,2,4,6H2. The van der Waals surface area contributed by atoms with Crippen molar-refractivity contribution in [1.29, 1.82) is 0 Å². The van der Waals surface area contributed by atoms with E-state index in [4.69, 9.17) is 0 Å². The molecular formula is C15H13F2N3O2S. The average molecular weight is 337 g/mol. The molecule has 3 heterocycles. The summed E-state index contributed by atoms with van der Waals surface area (Å²) in [5.74, 6) is -1.72. The summed E-state index contributed by atoms with van der Waals surface area (Å²) in [4.78, 5) is 7.57. The minimum atomic E-state index is -4.13. The Morgan fingerprint density at radius 1 is 1.22 bits per heavy atom. The molecular weight excluding hydrogens is 324 g/mol. The number of halogens is 2. The molecule has 2 aliphatic heterocycles. The first-order valence-corrected chi connectivity index (χ1v) is 8.70. The fourth-order valence-corrected chi connectivity index (χ4v) is 5.46. The Balaban J connectivity index is 1.84. The smallest absolute Gasteiger partial charge is 0.244 e. The maximum absolute atomic E-state index is 14.0. The Morgan fingerprint density at radius 2 is 2.04 bits per heavy atom. The summed E-state index contributed by atoms with van der Waals surface area (Å²) >= 11 is 0. The fourth-order valence-electron chi connectivity index (χ4n) is 3.53. The summed E-state index contributed by atoms with van der Waals surface area (Å²) in [6.07, 6.45) is 4.80. The summed E-state index contributed by atoms with van der Waals surface area (Å²) in [5.41, 5.74) is 1.58. The van der Waals surface area contributed by atoms with E-state index in [-0.39, 0.29) is 6.04 Å². The zero-order valence-electron chi connectivity index (χ0n) is 12.0. The van der Waals surface area contributed by atoms with Gasteiger partial charge < -0.3 is 0 Å². The van der Waals surface area contributed by atoms with E-state index >= 15 is 0 Å². The zero-order valence-corrected chi connectivity index (χ0v) is 12.8. The van der Waals surface area contributed by atoms with Gasteiger partial charge in [0.2, 0.25) is 10.0 Å². The molecule has 2 unspecified atom stereocenters. The number of fused-ring (bicyclic) bond motifs is 4. The lowest BCUT2D eigenvalue weighted by Gasteiger charge is -2.34. The van der Waals surface area contributed by atoms with Gasteiger partial charge in [-0.3, -0.25) is 0 Å². The molecule has 2 aliphatic rings. The SMILES string of the molecule is O=S(=O)(c1cc(F)ccc1F)N1C2CCC1c1cncnc1C2. The number of hydrogen-bond donors (Lipinski definition) is 0. The molecule has 1 aromatic carbocycles. The van der Waals surface area contributed by atoms with Crippen LogP contribution in [0, 0.1) is 11.6 Å². The lowest BCUT2D eigenvalue weighted by molar-refractivity contribution is 0.298. The predicted molar refractivity (Wildman–Crippen MR) is 76.9 cm³/mol. The molecule has 1 aromatic heterocycles. The highest BCUT2D eigenvalue weighted by Gasteiger charge is 2.48. The van der Waals surface area contributed by atoms with Crippen molar-refractivity contribution in [1.82, 2.24) is 14.3 Å². The molecule has 5 nitrogen and oxygen atoms in total. The summed E-state index contributed by atoms with van der Waals surface area (Å²) in [6.45, 7) is 0. The van der Waals surface area contributed by atoms with Gasteiger partial charge in [0.1, 0.15) is 22.9 Å². The number of benzene rings is 1. The summed E-state index contributed by atoms with van der Waals surface area (Å²) in [7, 11) is -4.13. The summed E-state index contributed by atoms with van der Waals surface area (Å²) in [6, 6.07) is 1.78. The number of aromatic nitrogens is 2. The van der Waals surface area contributed by atoms with Gasteiger partial charge in [-0.15, -0.1) is 0 Å². The highest BCUT2D eigenvalue weighted by Crippen LogP contribution is 2.46. The maximum Gasteiger partial charge on any atom is 0.246 e. The van der Waals surface area contributed by atoms with Gasteiger partial charge in [0, 0.05) is 24.2 Å². The first-order valence-electron chi connectivity index (χ1n) is 7.26. The van der Waals surface area contributed by atoms with Crippen molar-refractivity contribution in [3.63, 3.8) is 0 Å². The molecule has 0 N–H and O–H groups in total. The van der Waals surface area contributed by atoms with Gasteiger partial charge in [-0.2, -0.15) is 4.31 Å². The minimum absolute atomic E-state index is 0.282. The number of sulfonamides is 1. The molecule has 0 saturated carbocycles. The molecule has 1 saturated heterocycles. The molecule has 0 spiro atoms. The van der Waals surface area contributed by atoms with Crippen LogP contribution < -0.4 is 0 Å². The molecule has 120 valence electrons. The van der Waals surface area contributed by atoms with Crippen molar-refractivity contribution in [2.24, 2.45) is 0 Å². The van der Waals surface area contributed by atoms with Crippen LogP contribution in [0.3, 0.4) is 0 Å². The zero-order chi connectivity index (χ0) is 16.2. The van der Waals surface area contributed by atoms with Crippen molar-refractivity contribution in [2.75, 3.05) is 0 Å². The van der Waals surface area contributed by atoms with Crippen molar-refractivity contribution < 1.29 is 17.2 Å². The largest absolute Gasteiger partial charge is 0.246 e. The van der Waals surface area contributed by atoms with Crippen molar-refractivity contribution in [3.05, 3.63) is 53.6 Å². The van der Waals surface area contributed by atoms with Gasteiger partial charge in [0.15, 0.2) is 0 Å². The van der Waals surface area contributed by atoms with E-state index in [0.717, 1.165) is 29.5 Å². The second-order valence-corrected chi connectivity index (χ2v) is 7.60. The summed E-state index contributed by atoms with van der Waals surface area (Å²) < 4.78 is 54.5. The first kappa shape index (κ1) is 14.6. The molecule has 8 heteroatoms. The number of nitrogens with zero attached hydrogens (tertiary/aromatic N) is 3. The molecule has 0 aliphatic carbocycles. The average Bonchev–Trinajstić information content (AvgIpc) is 2.86. The molecule has 0 radical (unpaired) electrons. The Hall–Kier alpha value is -1.93. The Morgan fingerprint density at radius 3 is 2.87 bits per heavy atom. The molecule has 23 heavy (non-hydrogen) atoms. The van der Waals surface area contributed by atoms with Crippen LogP contribution >= 0.6 is 0 Å². The first-order chi connectivity index (χ1) is 11.0. The van der Waals surface area contributed by atoms with E-state index in [1.54, 1.807) is 6.20 Å². The van der Waals surface area contributed by atoms with E-state index < -0.39 is 32.6 Å². The number of hydrogen-bond acceptors (Lipinski definition) is 4. The van der Waals surface area contributed by atoms with Crippen LogP contribution in [0.5, 0.6) is 0 Å². The van der Waals surface area contributed by atoms with Gasteiger partial charge >= 0.3 is 0 Å². The Labute approximate surface area is 132 Å². The third-order valence-electron chi connectivity index (χ3n) is 4.50. The van der Waals surface area contributed by atoms with Crippen molar-refractivity contribution in [2.45, 2.75) is 36.2 Å². The lowest BCUT2D eigenvalue weighted by atomic mass is 10.0. The molecule has 2 atom stereocenters. The molecule has 0 amide bonds. The van der Waals surface area contributed by atoms with Gasteiger partial charge in [-0.25, -0.2) is 27.2 Å². The second-order valence-electron chi connectivity index (χ2n) is 5.79. The van der Waals surface area contributed by atoms with Crippen LogP contribution in [0.15, 0.2) is 35.6 Å². The normalized spacial score (nSPS) is 23.7.